The number of hydrogen-bond acceptors (Lipinski definition) is 3. The van der Waals surface area contributed by atoms with Crippen LogP contribution < -0.4 is 5.32 Å². The van der Waals surface area contributed by atoms with Crippen LogP contribution in [0.2, 0.25) is 10.0 Å². The second-order valence-electron chi connectivity index (χ2n) is 7.28. The fourth-order valence-electron chi connectivity index (χ4n) is 4.36. The van der Waals surface area contributed by atoms with Crippen LogP contribution in [0.4, 0.5) is 5.82 Å². The Morgan fingerprint density at radius 1 is 1.36 bits per heavy atom. The fourth-order valence-corrected chi connectivity index (χ4v) is 4.79. The first kappa shape index (κ1) is 16.0. The molecule has 0 aliphatic heterocycles. The summed E-state index contributed by atoms with van der Waals surface area (Å²) in [6, 6.07) is 1.55. The molecule has 3 rings (SSSR count). The van der Waals surface area contributed by atoms with Gasteiger partial charge in [-0.2, -0.15) is 0 Å². The van der Waals surface area contributed by atoms with Gasteiger partial charge >= 0.3 is 0 Å². The predicted octanol–water partition coefficient (Wildman–Crippen LogP) is 3.90. The Bertz CT molecular complexity index is 649. The minimum absolute atomic E-state index is 0.116. The summed E-state index contributed by atoms with van der Waals surface area (Å²) in [6.45, 7) is 6.23. The summed E-state index contributed by atoms with van der Waals surface area (Å²) in [5.74, 6) is 0.200. The van der Waals surface area contributed by atoms with Gasteiger partial charge in [-0.05, 0) is 36.2 Å². The summed E-state index contributed by atoms with van der Waals surface area (Å²) in [6.07, 6.45) is 3.08. The second kappa shape index (κ2) is 4.83. The van der Waals surface area contributed by atoms with Crippen LogP contribution in [0.1, 0.15) is 40.0 Å². The highest BCUT2D eigenvalue weighted by atomic mass is 35.5. The third-order valence-electron chi connectivity index (χ3n) is 6.45. The topological polar surface area (TPSA) is 62.2 Å². The molecule has 0 radical (unpaired) electrons. The number of aliphatic hydroxyl groups is 1. The lowest BCUT2D eigenvalue weighted by Crippen LogP contribution is -2.43. The van der Waals surface area contributed by atoms with E-state index in [-0.39, 0.29) is 16.7 Å². The number of nitrogens with one attached hydrogen (secondary N) is 1. The standard InChI is InChI=1S/C16H20Cl2N2O2/c1-14(2)15(3)4-5-16(14,7-11(15)21)13(22)20-12-10(18)6-9(17)8-19-12/h6,8,11,21H,4-5,7H2,1-3H3,(H,19,20,22). The molecule has 1 heterocycles. The number of nitrogens with zero attached hydrogens (tertiary/aromatic N) is 1. The number of carbonyl (C=O) groups excluding carboxylic acids is 1. The minimum atomic E-state index is -0.591. The van der Waals surface area contributed by atoms with Crippen molar-refractivity contribution in [1.29, 1.82) is 0 Å². The van der Waals surface area contributed by atoms with Gasteiger partial charge in [-0.3, -0.25) is 4.79 Å². The Hall–Kier alpha value is -0.840. The van der Waals surface area contributed by atoms with Crippen molar-refractivity contribution < 1.29 is 9.90 Å². The Balaban J connectivity index is 1.93. The van der Waals surface area contributed by atoms with Gasteiger partial charge in [0, 0.05) is 6.20 Å². The smallest absolute Gasteiger partial charge is 0.232 e. The van der Waals surface area contributed by atoms with Crippen molar-refractivity contribution in [2.45, 2.75) is 46.1 Å². The molecule has 3 atom stereocenters. The molecule has 2 aliphatic rings. The van der Waals surface area contributed by atoms with E-state index < -0.39 is 11.5 Å². The van der Waals surface area contributed by atoms with Gasteiger partial charge in [0.05, 0.1) is 21.6 Å². The average molecular weight is 343 g/mol. The molecule has 4 nitrogen and oxygen atoms in total. The molecule has 0 spiro atoms. The Kier molecular flexibility index (Phi) is 3.52. The number of pyridine rings is 1. The third-order valence-corrected chi connectivity index (χ3v) is 6.94. The summed E-state index contributed by atoms with van der Waals surface area (Å²) in [4.78, 5) is 17.1. The number of anilines is 1. The largest absolute Gasteiger partial charge is 0.393 e. The molecule has 2 N–H and O–H groups in total. The van der Waals surface area contributed by atoms with Crippen molar-refractivity contribution >= 4 is 34.9 Å². The number of amides is 1. The lowest BCUT2D eigenvalue weighted by atomic mass is 9.64. The van der Waals surface area contributed by atoms with Crippen LogP contribution in [0.15, 0.2) is 12.3 Å². The average Bonchev–Trinajstić information content (AvgIpc) is 2.72. The molecular formula is C16H20Cl2N2O2. The maximum Gasteiger partial charge on any atom is 0.232 e. The Labute approximate surface area is 140 Å². The SMILES string of the molecule is CC12CCC(C(=O)Nc3ncc(Cl)cc3Cl)(CC1O)C2(C)C. The molecule has 2 fully saturated rings. The van der Waals surface area contributed by atoms with E-state index in [1.54, 1.807) is 6.07 Å². The van der Waals surface area contributed by atoms with E-state index in [4.69, 9.17) is 23.2 Å². The maximum atomic E-state index is 13.0. The Morgan fingerprint density at radius 2 is 2.05 bits per heavy atom. The van der Waals surface area contributed by atoms with Crippen LogP contribution in [0.3, 0.4) is 0 Å². The van der Waals surface area contributed by atoms with Crippen molar-refractivity contribution in [1.82, 2.24) is 4.98 Å². The van der Waals surface area contributed by atoms with Gasteiger partial charge in [0.1, 0.15) is 0 Å². The van der Waals surface area contributed by atoms with Crippen molar-refractivity contribution in [3.8, 4) is 0 Å². The van der Waals surface area contributed by atoms with Crippen LogP contribution in [-0.2, 0) is 4.79 Å². The predicted molar refractivity (Wildman–Crippen MR) is 87.1 cm³/mol. The minimum Gasteiger partial charge on any atom is -0.393 e. The molecule has 1 aromatic heterocycles. The molecular weight excluding hydrogens is 323 g/mol. The van der Waals surface area contributed by atoms with Crippen molar-refractivity contribution in [3.63, 3.8) is 0 Å². The first-order valence-electron chi connectivity index (χ1n) is 7.45. The van der Waals surface area contributed by atoms with Crippen molar-refractivity contribution in [3.05, 3.63) is 22.3 Å². The van der Waals surface area contributed by atoms with Gasteiger partial charge in [0.2, 0.25) is 5.91 Å². The summed E-state index contributed by atoms with van der Waals surface area (Å²) in [5, 5.41) is 14.0. The number of hydrogen-bond donors (Lipinski definition) is 2. The summed E-state index contributed by atoms with van der Waals surface area (Å²) >= 11 is 11.9. The monoisotopic (exact) mass is 342 g/mol. The lowest BCUT2D eigenvalue weighted by molar-refractivity contribution is -0.130. The van der Waals surface area contributed by atoms with E-state index in [1.807, 2.05) is 0 Å². The summed E-state index contributed by atoms with van der Waals surface area (Å²) in [7, 11) is 0. The highest BCUT2D eigenvalue weighted by Gasteiger charge is 2.72. The zero-order valence-corrected chi connectivity index (χ0v) is 14.4. The van der Waals surface area contributed by atoms with Crippen LogP contribution in [0.25, 0.3) is 0 Å². The van der Waals surface area contributed by atoms with E-state index in [9.17, 15) is 9.90 Å². The van der Waals surface area contributed by atoms with Gasteiger partial charge in [-0.1, -0.05) is 44.0 Å². The lowest BCUT2D eigenvalue weighted by Gasteiger charge is -2.40. The normalized spacial score (nSPS) is 35.6. The van der Waals surface area contributed by atoms with Gasteiger partial charge in [-0.25, -0.2) is 4.98 Å². The fraction of sp³-hybridized carbons (Fsp3) is 0.625. The number of halogens is 2. The quantitative estimate of drug-likeness (QED) is 0.856. The van der Waals surface area contributed by atoms with Gasteiger partial charge in [-0.15, -0.1) is 0 Å². The zero-order chi connectivity index (χ0) is 16.3. The number of aromatic nitrogens is 1. The number of fused-ring (bicyclic) bond motifs is 2. The van der Waals surface area contributed by atoms with E-state index in [0.29, 0.717) is 22.3 Å². The molecule has 3 unspecified atom stereocenters. The van der Waals surface area contributed by atoms with Crippen LogP contribution in [0.5, 0.6) is 0 Å². The molecule has 120 valence electrons. The molecule has 1 amide bonds. The van der Waals surface area contributed by atoms with E-state index in [2.05, 4.69) is 31.1 Å². The molecule has 2 aliphatic carbocycles. The van der Waals surface area contributed by atoms with Crippen LogP contribution >= 0.6 is 23.2 Å². The highest BCUT2D eigenvalue weighted by molar-refractivity contribution is 6.36. The van der Waals surface area contributed by atoms with Crippen LogP contribution in [0, 0.1) is 16.2 Å². The molecule has 22 heavy (non-hydrogen) atoms. The second-order valence-corrected chi connectivity index (χ2v) is 8.13. The molecule has 2 bridgehead atoms. The van der Waals surface area contributed by atoms with Gasteiger partial charge < -0.3 is 10.4 Å². The summed E-state index contributed by atoms with van der Waals surface area (Å²) < 4.78 is 0. The maximum absolute atomic E-state index is 13.0. The number of carbonyl (C=O) groups is 1. The van der Waals surface area contributed by atoms with E-state index >= 15 is 0 Å². The van der Waals surface area contributed by atoms with E-state index in [1.165, 1.54) is 6.20 Å². The van der Waals surface area contributed by atoms with Gasteiger partial charge in [0.25, 0.3) is 0 Å². The van der Waals surface area contributed by atoms with Crippen molar-refractivity contribution in [2.24, 2.45) is 16.2 Å². The molecule has 2 saturated carbocycles. The van der Waals surface area contributed by atoms with E-state index in [0.717, 1.165) is 12.8 Å². The van der Waals surface area contributed by atoms with Crippen LogP contribution in [-0.4, -0.2) is 22.1 Å². The molecule has 6 heteroatoms. The third kappa shape index (κ3) is 1.87. The number of aliphatic hydroxyl groups excluding tert-OH is 1. The number of rotatable bonds is 2. The molecule has 0 aromatic carbocycles. The Morgan fingerprint density at radius 3 is 2.55 bits per heavy atom. The molecule has 0 saturated heterocycles. The first-order chi connectivity index (χ1) is 10.1. The van der Waals surface area contributed by atoms with Gasteiger partial charge in [0.15, 0.2) is 5.82 Å². The zero-order valence-electron chi connectivity index (χ0n) is 12.9. The summed E-state index contributed by atoms with van der Waals surface area (Å²) in [5.41, 5.74) is -1.12. The van der Waals surface area contributed by atoms with Crippen molar-refractivity contribution in [2.75, 3.05) is 5.32 Å². The highest BCUT2D eigenvalue weighted by Crippen LogP contribution is 2.72. The molecule has 1 aromatic rings. The first-order valence-corrected chi connectivity index (χ1v) is 8.20.